The molecule has 4 nitrogen and oxygen atoms in total. The largest absolute Gasteiger partial charge is 0.395 e. The number of aliphatic hydroxyl groups is 1. The van der Waals surface area contributed by atoms with E-state index in [0.717, 1.165) is 0 Å². The Bertz CT molecular complexity index is 144. The van der Waals surface area contributed by atoms with Crippen molar-refractivity contribution >= 4 is 11.7 Å². The Balaban J connectivity index is 3.82. The summed E-state index contributed by atoms with van der Waals surface area (Å²) < 4.78 is 0. The number of amides is 1. The fourth-order valence-electron chi connectivity index (χ4n) is 0.520. The molecule has 0 aromatic heterocycles. The van der Waals surface area contributed by atoms with E-state index in [1.54, 1.807) is 0 Å². The van der Waals surface area contributed by atoms with Crippen molar-refractivity contribution in [3.05, 3.63) is 0 Å². The summed E-state index contributed by atoms with van der Waals surface area (Å²) in [5, 5.41) is 8.36. The van der Waals surface area contributed by atoms with Gasteiger partial charge in [0.2, 0.25) is 5.78 Å². The number of rotatable bonds is 3. The number of likely N-dealkylation sites (N-methyl/N-ethyl adjacent to an activating group) is 1. The van der Waals surface area contributed by atoms with Gasteiger partial charge in [0.15, 0.2) is 0 Å². The van der Waals surface area contributed by atoms with E-state index in [4.69, 9.17) is 5.11 Å². The van der Waals surface area contributed by atoms with Gasteiger partial charge in [0.1, 0.15) is 0 Å². The maximum absolute atomic E-state index is 10.7. The van der Waals surface area contributed by atoms with Crippen molar-refractivity contribution in [2.24, 2.45) is 0 Å². The molecule has 1 amide bonds. The lowest BCUT2D eigenvalue weighted by atomic mass is 10.4. The second-order valence-electron chi connectivity index (χ2n) is 2.01. The third-order valence-corrected chi connectivity index (χ3v) is 1.08. The SMILES string of the molecule is CC(=O)C(=O)N(C)CCO. The number of hydrogen-bond acceptors (Lipinski definition) is 3. The average molecular weight is 145 g/mol. The summed E-state index contributed by atoms with van der Waals surface area (Å²) in [7, 11) is 1.47. The lowest BCUT2D eigenvalue weighted by molar-refractivity contribution is -0.142. The molecule has 0 aliphatic rings. The second-order valence-corrected chi connectivity index (χ2v) is 2.01. The molecule has 0 aromatic rings. The highest BCUT2D eigenvalue weighted by Gasteiger charge is 2.11. The van der Waals surface area contributed by atoms with Gasteiger partial charge in [0, 0.05) is 20.5 Å². The summed E-state index contributed by atoms with van der Waals surface area (Å²) in [6.45, 7) is 1.30. The predicted molar refractivity (Wildman–Crippen MR) is 35.4 cm³/mol. The molecule has 10 heavy (non-hydrogen) atoms. The maximum Gasteiger partial charge on any atom is 0.289 e. The first-order valence-electron chi connectivity index (χ1n) is 2.96. The fourth-order valence-corrected chi connectivity index (χ4v) is 0.520. The van der Waals surface area contributed by atoms with Crippen molar-refractivity contribution in [1.82, 2.24) is 4.90 Å². The van der Waals surface area contributed by atoms with Gasteiger partial charge in [-0.1, -0.05) is 0 Å². The molecule has 0 radical (unpaired) electrons. The van der Waals surface area contributed by atoms with E-state index in [9.17, 15) is 9.59 Å². The zero-order valence-electron chi connectivity index (χ0n) is 6.13. The van der Waals surface area contributed by atoms with Gasteiger partial charge in [-0.3, -0.25) is 9.59 Å². The van der Waals surface area contributed by atoms with E-state index in [1.165, 1.54) is 18.9 Å². The van der Waals surface area contributed by atoms with Crippen molar-refractivity contribution in [1.29, 1.82) is 0 Å². The van der Waals surface area contributed by atoms with Crippen LogP contribution < -0.4 is 0 Å². The summed E-state index contributed by atoms with van der Waals surface area (Å²) in [5.41, 5.74) is 0. The highest BCUT2D eigenvalue weighted by atomic mass is 16.3. The van der Waals surface area contributed by atoms with Crippen molar-refractivity contribution < 1.29 is 14.7 Å². The molecular formula is C6H11NO3. The van der Waals surface area contributed by atoms with Gasteiger partial charge in [0.05, 0.1) is 6.61 Å². The van der Waals surface area contributed by atoms with Crippen LogP contribution in [0.4, 0.5) is 0 Å². The summed E-state index contributed by atoms with van der Waals surface area (Å²) >= 11 is 0. The lowest BCUT2D eigenvalue weighted by Gasteiger charge is -2.12. The minimum absolute atomic E-state index is 0.116. The van der Waals surface area contributed by atoms with Crippen molar-refractivity contribution in [2.45, 2.75) is 6.92 Å². The van der Waals surface area contributed by atoms with Crippen molar-refractivity contribution in [2.75, 3.05) is 20.2 Å². The van der Waals surface area contributed by atoms with Gasteiger partial charge in [-0.2, -0.15) is 0 Å². The van der Waals surface area contributed by atoms with Crippen LogP contribution in [0, 0.1) is 0 Å². The number of nitrogens with zero attached hydrogens (tertiary/aromatic N) is 1. The molecule has 0 fully saturated rings. The minimum atomic E-state index is -0.561. The third-order valence-electron chi connectivity index (χ3n) is 1.08. The summed E-state index contributed by atoms with van der Waals surface area (Å²) in [6.07, 6.45) is 0. The molecule has 0 aliphatic carbocycles. The maximum atomic E-state index is 10.7. The number of Topliss-reactive ketones (excluding diaryl/α,β-unsaturated/α-hetero) is 1. The molecule has 0 aliphatic heterocycles. The average Bonchev–Trinajstić information content (AvgIpc) is 1.87. The second kappa shape index (κ2) is 4.00. The smallest absolute Gasteiger partial charge is 0.289 e. The highest BCUT2D eigenvalue weighted by Crippen LogP contribution is 1.84. The zero-order valence-corrected chi connectivity index (χ0v) is 6.13. The van der Waals surface area contributed by atoms with Gasteiger partial charge in [-0.25, -0.2) is 0 Å². The van der Waals surface area contributed by atoms with E-state index in [0.29, 0.717) is 0 Å². The Morgan fingerprint density at radius 3 is 2.30 bits per heavy atom. The first-order valence-corrected chi connectivity index (χ1v) is 2.96. The molecule has 0 unspecified atom stereocenters. The number of carbonyl (C=O) groups is 2. The van der Waals surface area contributed by atoms with Crippen LogP contribution in [0.2, 0.25) is 0 Å². The van der Waals surface area contributed by atoms with Gasteiger partial charge < -0.3 is 10.0 Å². The van der Waals surface area contributed by atoms with Gasteiger partial charge in [-0.05, 0) is 0 Å². The molecule has 0 atom stereocenters. The molecule has 0 saturated carbocycles. The molecule has 0 heterocycles. The summed E-state index contributed by atoms with van der Waals surface area (Å²) in [5.74, 6) is -1.06. The Kier molecular flexibility index (Phi) is 3.64. The Morgan fingerprint density at radius 2 is 2.00 bits per heavy atom. The van der Waals surface area contributed by atoms with Crippen LogP contribution in [0.5, 0.6) is 0 Å². The molecular weight excluding hydrogens is 134 g/mol. The molecule has 0 spiro atoms. The molecule has 0 aromatic carbocycles. The monoisotopic (exact) mass is 145 g/mol. The number of hydrogen-bond donors (Lipinski definition) is 1. The fraction of sp³-hybridized carbons (Fsp3) is 0.667. The topological polar surface area (TPSA) is 57.6 Å². The Morgan fingerprint density at radius 1 is 1.50 bits per heavy atom. The van der Waals surface area contributed by atoms with Crippen LogP contribution in [0.25, 0.3) is 0 Å². The molecule has 0 rings (SSSR count). The van der Waals surface area contributed by atoms with E-state index >= 15 is 0 Å². The summed E-state index contributed by atoms with van der Waals surface area (Å²) in [4.78, 5) is 22.3. The van der Waals surface area contributed by atoms with E-state index in [2.05, 4.69) is 0 Å². The molecule has 58 valence electrons. The lowest BCUT2D eigenvalue weighted by Crippen LogP contribution is -2.33. The predicted octanol–water partition coefficient (Wildman–Crippen LogP) is -0.974. The standard InChI is InChI=1S/C6H11NO3/c1-5(9)6(10)7(2)3-4-8/h8H,3-4H2,1-2H3. The minimum Gasteiger partial charge on any atom is -0.395 e. The first-order chi connectivity index (χ1) is 4.59. The summed E-state index contributed by atoms with van der Waals surface area (Å²) in [6, 6.07) is 0. The Hall–Kier alpha value is -0.900. The van der Waals surface area contributed by atoms with Gasteiger partial charge >= 0.3 is 0 Å². The van der Waals surface area contributed by atoms with Crippen molar-refractivity contribution in [3.8, 4) is 0 Å². The third kappa shape index (κ3) is 2.59. The van der Waals surface area contributed by atoms with Crippen LogP contribution in [0.3, 0.4) is 0 Å². The Labute approximate surface area is 59.4 Å². The van der Waals surface area contributed by atoms with Crippen LogP contribution in [0.1, 0.15) is 6.92 Å². The number of ketones is 1. The van der Waals surface area contributed by atoms with Crippen LogP contribution in [-0.2, 0) is 9.59 Å². The molecule has 4 heteroatoms. The molecule has 0 bridgehead atoms. The quantitative estimate of drug-likeness (QED) is 0.519. The van der Waals surface area contributed by atoms with E-state index in [-0.39, 0.29) is 13.2 Å². The van der Waals surface area contributed by atoms with Crippen LogP contribution >= 0.6 is 0 Å². The highest BCUT2D eigenvalue weighted by molar-refractivity contribution is 6.34. The number of aliphatic hydroxyl groups excluding tert-OH is 1. The normalized spacial score (nSPS) is 9.10. The van der Waals surface area contributed by atoms with Gasteiger partial charge in [0.25, 0.3) is 5.91 Å². The van der Waals surface area contributed by atoms with E-state index in [1.807, 2.05) is 0 Å². The molecule has 0 saturated heterocycles. The molecule has 1 N–H and O–H groups in total. The van der Waals surface area contributed by atoms with Crippen molar-refractivity contribution in [3.63, 3.8) is 0 Å². The zero-order chi connectivity index (χ0) is 8.15. The van der Waals surface area contributed by atoms with Crippen LogP contribution in [0.15, 0.2) is 0 Å². The first kappa shape index (κ1) is 9.10. The number of carbonyl (C=O) groups excluding carboxylic acids is 2. The van der Waals surface area contributed by atoms with E-state index < -0.39 is 11.7 Å². The van der Waals surface area contributed by atoms with Gasteiger partial charge in [-0.15, -0.1) is 0 Å². The van der Waals surface area contributed by atoms with Crippen LogP contribution in [-0.4, -0.2) is 41.9 Å².